The van der Waals surface area contributed by atoms with Crippen LogP contribution in [0.15, 0.2) is 18.3 Å². The molecule has 0 fully saturated rings. The normalized spacial score (nSPS) is 11.0. The third kappa shape index (κ3) is 3.43. The number of anilines is 1. The molecule has 0 aliphatic carbocycles. The maximum absolute atomic E-state index is 8.67. The summed E-state index contributed by atoms with van der Waals surface area (Å²) in [5.74, 6) is 0.683. The average Bonchev–Trinajstić information content (AvgIpc) is 2.75. The molecule has 0 radical (unpaired) electrons. The largest absolute Gasteiger partial charge is 0.396 e. The van der Waals surface area contributed by atoms with E-state index in [2.05, 4.69) is 15.4 Å². The molecule has 98 valence electrons. The van der Waals surface area contributed by atoms with Crippen molar-refractivity contribution in [2.75, 3.05) is 18.5 Å². The monoisotopic (exact) mass is 248 g/mol. The lowest BCUT2D eigenvalue weighted by Crippen LogP contribution is -2.03. The van der Waals surface area contributed by atoms with Crippen molar-refractivity contribution in [3.63, 3.8) is 0 Å². The number of aliphatic hydroxyl groups is 1. The van der Waals surface area contributed by atoms with Crippen molar-refractivity contribution >= 4 is 11.6 Å². The molecular formula is C13H20N4O. The molecule has 0 aliphatic heterocycles. The highest BCUT2D eigenvalue weighted by Gasteiger charge is 2.02. The van der Waals surface area contributed by atoms with Gasteiger partial charge < -0.3 is 10.4 Å². The summed E-state index contributed by atoms with van der Waals surface area (Å²) in [6.07, 6.45) is 6.10. The first kappa shape index (κ1) is 12.8. The first-order chi connectivity index (χ1) is 8.79. The molecule has 0 saturated carbocycles. The van der Waals surface area contributed by atoms with Crippen molar-refractivity contribution < 1.29 is 5.11 Å². The van der Waals surface area contributed by atoms with Crippen LogP contribution in [0.25, 0.3) is 5.65 Å². The maximum Gasteiger partial charge on any atom is 0.243 e. The van der Waals surface area contributed by atoms with Crippen LogP contribution in [-0.2, 0) is 0 Å². The Labute approximate surface area is 107 Å². The molecule has 18 heavy (non-hydrogen) atoms. The number of aliphatic hydroxyl groups excluding tert-OH is 1. The second-order valence-electron chi connectivity index (χ2n) is 4.51. The molecular weight excluding hydrogens is 228 g/mol. The Kier molecular flexibility index (Phi) is 4.52. The van der Waals surface area contributed by atoms with E-state index in [0.29, 0.717) is 12.6 Å². The lowest BCUT2D eigenvalue weighted by molar-refractivity contribution is 0.283. The van der Waals surface area contributed by atoms with Gasteiger partial charge >= 0.3 is 0 Å². The van der Waals surface area contributed by atoms with Gasteiger partial charge in [0.2, 0.25) is 5.95 Å². The van der Waals surface area contributed by atoms with Gasteiger partial charge in [0.05, 0.1) is 0 Å². The van der Waals surface area contributed by atoms with E-state index < -0.39 is 0 Å². The molecule has 2 rings (SSSR count). The van der Waals surface area contributed by atoms with Crippen molar-refractivity contribution in [1.29, 1.82) is 0 Å². The van der Waals surface area contributed by atoms with Crippen LogP contribution in [0.4, 0.5) is 5.95 Å². The number of hydrogen-bond donors (Lipinski definition) is 2. The Morgan fingerprint density at radius 3 is 2.94 bits per heavy atom. The van der Waals surface area contributed by atoms with E-state index >= 15 is 0 Å². The number of unbranched alkanes of at least 4 members (excludes halogenated alkanes) is 3. The SMILES string of the molecule is Cc1ccn2nc(NCCCCCCO)nc2c1. The minimum absolute atomic E-state index is 0.292. The second-order valence-corrected chi connectivity index (χ2v) is 4.51. The number of nitrogens with one attached hydrogen (secondary N) is 1. The van der Waals surface area contributed by atoms with E-state index in [-0.39, 0.29) is 0 Å². The standard InChI is InChI=1S/C13H20N4O/c1-11-6-8-17-12(10-11)15-13(16-17)14-7-4-2-3-5-9-18/h6,8,10,18H,2-5,7,9H2,1H3,(H,14,16). The second kappa shape index (κ2) is 6.35. The number of pyridine rings is 1. The van der Waals surface area contributed by atoms with Gasteiger partial charge in [-0.1, -0.05) is 12.8 Å². The highest BCUT2D eigenvalue weighted by Crippen LogP contribution is 2.08. The van der Waals surface area contributed by atoms with Crippen LogP contribution >= 0.6 is 0 Å². The summed E-state index contributed by atoms with van der Waals surface area (Å²) in [6, 6.07) is 4.03. The van der Waals surface area contributed by atoms with E-state index in [0.717, 1.165) is 37.9 Å². The van der Waals surface area contributed by atoms with Crippen LogP contribution in [-0.4, -0.2) is 32.9 Å². The zero-order valence-electron chi connectivity index (χ0n) is 10.8. The zero-order valence-corrected chi connectivity index (χ0v) is 10.8. The molecule has 2 N–H and O–H groups in total. The van der Waals surface area contributed by atoms with Crippen LogP contribution in [0.3, 0.4) is 0 Å². The summed E-state index contributed by atoms with van der Waals surface area (Å²) in [5, 5.41) is 16.2. The van der Waals surface area contributed by atoms with Crippen LogP contribution in [0.1, 0.15) is 31.2 Å². The molecule has 0 saturated heterocycles. The van der Waals surface area contributed by atoms with Gasteiger partial charge in [-0.05, 0) is 37.5 Å². The fourth-order valence-corrected chi connectivity index (χ4v) is 1.85. The van der Waals surface area contributed by atoms with Gasteiger partial charge in [-0.25, -0.2) is 4.52 Å². The lowest BCUT2D eigenvalue weighted by atomic mass is 10.2. The topological polar surface area (TPSA) is 62.5 Å². The van der Waals surface area contributed by atoms with E-state index in [1.54, 1.807) is 4.52 Å². The molecule has 0 bridgehead atoms. The minimum atomic E-state index is 0.292. The van der Waals surface area contributed by atoms with Gasteiger partial charge in [0.1, 0.15) is 0 Å². The lowest BCUT2D eigenvalue weighted by Gasteiger charge is -2.00. The quantitative estimate of drug-likeness (QED) is 0.736. The third-order valence-electron chi connectivity index (χ3n) is 2.86. The molecule has 0 aromatic carbocycles. The van der Waals surface area contributed by atoms with E-state index in [9.17, 15) is 0 Å². The van der Waals surface area contributed by atoms with Crippen molar-refractivity contribution in [2.45, 2.75) is 32.6 Å². The van der Waals surface area contributed by atoms with Crippen molar-refractivity contribution in [3.8, 4) is 0 Å². The van der Waals surface area contributed by atoms with Gasteiger partial charge in [0, 0.05) is 19.3 Å². The highest BCUT2D eigenvalue weighted by molar-refractivity contribution is 5.45. The third-order valence-corrected chi connectivity index (χ3v) is 2.86. The number of aromatic nitrogens is 3. The first-order valence-corrected chi connectivity index (χ1v) is 6.47. The number of nitrogens with zero attached hydrogens (tertiary/aromatic N) is 3. The van der Waals surface area contributed by atoms with Crippen LogP contribution in [0.5, 0.6) is 0 Å². The Morgan fingerprint density at radius 1 is 1.28 bits per heavy atom. The molecule has 0 atom stereocenters. The predicted molar refractivity (Wildman–Crippen MR) is 71.8 cm³/mol. The maximum atomic E-state index is 8.67. The summed E-state index contributed by atoms with van der Waals surface area (Å²) < 4.78 is 1.78. The molecule has 2 aromatic rings. The zero-order chi connectivity index (χ0) is 12.8. The van der Waals surface area contributed by atoms with Gasteiger partial charge in [0.25, 0.3) is 0 Å². The summed E-state index contributed by atoms with van der Waals surface area (Å²) in [6.45, 7) is 3.21. The summed E-state index contributed by atoms with van der Waals surface area (Å²) in [7, 11) is 0. The van der Waals surface area contributed by atoms with Gasteiger partial charge in [-0.2, -0.15) is 4.98 Å². The van der Waals surface area contributed by atoms with Crippen LogP contribution in [0.2, 0.25) is 0 Å². The number of rotatable bonds is 7. The van der Waals surface area contributed by atoms with Gasteiger partial charge in [-0.3, -0.25) is 0 Å². The summed E-state index contributed by atoms with van der Waals surface area (Å²) in [5.41, 5.74) is 2.06. The Balaban J connectivity index is 1.81. The fraction of sp³-hybridized carbons (Fsp3) is 0.538. The molecule has 0 spiro atoms. The van der Waals surface area contributed by atoms with E-state index in [4.69, 9.17) is 5.11 Å². The smallest absolute Gasteiger partial charge is 0.243 e. The fourth-order valence-electron chi connectivity index (χ4n) is 1.85. The molecule has 5 heteroatoms. The summed E-state index contributed by atoms with van der Waals surface area (Å²) >= 11 is 0. The predicted octanol–water partition coefficient (Wildman–Crippen LogP) is 2.00. The van der Waals surface area contributed by atoms with E-state index in [1.807, 2.05) is 25.3 Å². The summed E-state index contributed by atoms with van der Waals surface area (Å²) in [4.78, 5) is 4.41. The average molecular weight is 248 g/mol. The molecule has 2 heterocycles. The van der Waals surface area contributed by atoms with Crippen LogP contribution < -0.4 is 5.32 Å². The van der Waals surface area contributed by atoms with E-state index in [1.165, 1.54) is 5.56 Å². The van der Waals surface area contributed by atoms with Crippen molar-refractivity contribution in [1.82, 2.24) is 14.6 Å². The molecule has 0 aliphatic rings. The van der Waals surface area contributed by atoms with Crippen LogP contribution in [0, 0.1) is 6.92 Å². The highest BCUT2D eigenvalue weighted by atomic mass is 16.2. The Morgan fingerprint density at radius 2 is 2.11 bits per heavy atom. The number of fused-ring (bicyclic) bond motifs is 1. The van der Waals surface area contributed by atoms with Crippen molar-refractivity contribution in [2.24, 2.45) is 0 Å². The molecule has 0 unspecified atom stereocenters. The molecule has 0 amide bonds. The number of hydrogen-bond acceptors (Lipinski definition) is 4. The van der Waals surface area contributed by atoms with Gasteiger partial charge in [-0.15, -0.1) is 5.10 Å². The Bertz CT molecular complexity index is 495. The minimum Gasteiger partial charge on any atom is -0.396 e. The molecule has 5 nitrogen and oxygen atoms in total. The van der Waals surface area contributed by atoms with Crippen molar-refractivity contribution in [3.05, 3.63) is 23.9 Å². The Hall–Kier alpha value is -1.62. The molecule has 2 aromatic heterocycles. The number of aryl methyl sites for hydroxylation is 1. The first-order valence-electron chi connectivity index (χ1n) is 6.47. The van der Waals surface area contributed by atoms with Gasteiger partial charge in [0.15, 0.2) is 5.65 Å².